The first kappa shape index (κ1) is 13.6. The van der Waals surface area contributed by atoms with Gasteiger partial charge in [-0.1, -0.05) is 30.3 Å². The van der Waals surface area contributed by atoms with Crippen molar-refractivity contribution in [1.29, 1.82) is 0 Å². The van der Waals surface area contributed by atoms with Crippen molar-refractivity contribution < 1.29 is 0 Å². The van der Waals surface area contributed by atoms with Crippen LogP contribution in [0, 0.1) is 13.8 Å². The molecule has 0 amide bonds. The lowest BCUT2D eigenvalue weighted by molar-refractivity contribution is 1.04. The Morgan fingerprint density at radius 1 is 1.00 bits per heavy atom. The van der Waals surface area contributed by atoms with Crippen molar-refractivity contribution >= 4 is 23.4 Å². The number of nitrogens with one attached hydrogen (secondary N) is 1. The third-order valence-corrected chi connectivity index (χ3v) is 3.36. The highest BCUT2D eigenvalue weighted by atomic mass is 35.5. The van der Waals surface area contributed by atoms with E-state index in [0.717, 1.165) is 23.3 Å². The van der Waals surface area contributed by atoms with Gasteiger partial charge in [-0.2, -0.15) is 0 Å². The minimum absolute atomic E-state index is 0. The molecule has 0 spiro atoms. The Morgan fingerprint density at radius 3 is 2.42 bits per heavy atom. The second kappa shape index (κ2) is 5.45. The second-order valence-corrected chi connectivity index (χ2v) is 4.80. The van der Waals surface area contributed by atoms with Crippen molar-refractivity contribution in [1.82, 2.24) is 9.97 Å². The molecule has 0 saturated heterocycles. The maximum Gasteiger partial charge on any atom is 0.111 e. The summed E-state index contributed by atoms with van der Waals surface area (Å²) in [6.07, 6.45) is 0.855. The Hall–Kier alpha value is -1.80. The van der Waals surface area contributed by atoms with E-state index in [9.17, 15) is 0 Å². The summed E-state index contributed by atoms with van der Waals surface area (Å²) >= 11 is 0. The predicted molar refractivity (Wildman–Crippen MR) is 82.1 cm³/mol. The summed E-state index contributed by atoms with van der Waals surface area (Å²) in [4.78, 5) is 8.06. The summed E-state index contributed by atoms with van der Waals surface area (Å²) < 4.78 is 0. The number of aromatic amines is 1. The lowest BCUT2D eigenvalue weighted by Gasteiger charge is -1.97. The van der Waals surface area contributed by atoms with E-state index in [2.05, 4.69) is 60.2 Å². The number of halogens is 1. The van der Waals surface area contributed by atoms with Crippen LogP contribution in [0.2, 0.25) is 0 Å². The Labute approximate surface area is 119 Å². The van der Waals surface area contributed by atoms with Gasteiger partial charge >= 0.3 is 0 Å². The smallest absolute Gasteiger partial charge is 0.111 e. The summed E-state index contributed by atoms with van der Waals surface area (Å²) in [5, 5.41) is 0. The number of hydrogen-bond acceptors (Lipinski definition) is 1. The fourth-order valence-corrected chi connectivity index (χ4v) is 2.20. The minimum Gasteiger partial charge on any atom is -0.342 e. The van der Waals surface area contributed by atoms with E-state index >= 15 is 0 Å². The zero-order valence-corrected chi connectivity index (χ0v) is 11.9. The molecule has 0 bridgehead atoms. The molecule has 19 heavy (non-hydrogen) atoms. The van der Waals surface area contributed by atoms with Crippen LogP contribution in [0.5, 0.6) is 0 Å². The standard InChI is InChI=1S/C16H16N2.ClH/c1-11-8-14-15(9-12(11)2)18-16(17-14)10-13-6-4-3-5-7-13;/h3-9H,10H2,1-2H3,(H,17,18);1H. The second-order valence-electron chi connectivity index (χ2n) is 4.80. The van der Waals surface area contributed by atoms with Crippen LogP contribution >= 0.6 is 12.4 Å². The number of fused-ring (bicyclic) bond motifs is 1. The van der Waals surface area contributed by atoms with Gasteiger partial charge in [0.25, 0.3) is 0 Å². The summed E-state index contributed by atoms with van der Waals surface area (Å²) in [7, 11) is 0. The lowest BCUT2D eigenvalue weighted by atomic mass is 10.1. The third kappa shape index (κ3) is 2.79. The number of hydrogen-bond donors (Lipinski definition) is 1. The van der Waals surface area contributed by atoms with Crippen LogP contribution in [0.15, 0.2) is 42.5 Å². The van der Waals surface area contributed by atoms with Gasteiger partial charge in [0.1, 0.15) is 5.82 Å². The monoisotopic (exact) mass is 272 g/mol. The van der Waals surface area contributed by atoms with Crippen LogP contribution < -0.4 is 0 Å². The van der Waals surface area contributed by atoms with Gasteiger partial charge in [0.05, 0.1) is 11.0 Å². The number of nitrogens with zero attached hydrogens (tertiary/aromatic N) is 1. The molecule has 0 aliphatic carbocycles. The molecule has 0 aliphatic heterocycles. The van der Waals surface area contributed by atoms with Crippen molar-refractivity contribution in [2.45, 2.75) is 20.3 Å². The Balaban J connectivity index is 0.00000133. The number of rotatable bonds is 2. The fraction of sp³-hybridized carbons (Fsp3) is 0.188. The van der Waals surface area contributed by atoms with Gasteiger partial charge in [-0.25, -0.2) is 4.98 Å². The topological polar surface area (TPSA) is 28.7 Å². The molecular formula is C16H17ClN2. The Kier molecular flexibility index (Phi) is 3.91. The van der Waals surface area contributed by atoms with E-state index in [1.807, 2.05) is 6.07 Å². The summed E-state index contributed by atoms with van der Waals surface area (Å²) in [5.41, 5.74) is 6.07. The maximum atomic E-state index is 4.65. The molecule has 1 aromatic heterocycles. The molecule has 2 nitrogen and oxygen atoms in total. The van der Waals surface area contributed by atoms with Crippen LogP contribution in [0.25, 0.3) is 11.0 Å². The molecule has 0 saturated carbocycles. The van der Waals surface area contributed by atoms with E-state index in [1.165, 1.54) is 16.7 Å². The molecule has 3 aromatic rings. The van der Waals surface area contributed by atoms with Crippen LogP contribution in [0.4, 0.5) is 0 Å². The van der Waals surface area contributed by atoms with Gasteiger partial charge in [0.15, 0.2) is 0 Å². The Bertz CT molecular complexity index is 648. The predicted octanol–water partition coefficient (Wildman–Crippen LogP) is 4.19. The molecule has 1 N–H and O–H groups in total. The quantitative estimate of drug-likeness (QED) is 0.744. The number of H-pyrrole nitrogens is 1. The first-order valence-corrected chi connectivity index (χ1v) is 6.22. The highest BCUT2D eigenvalue weighted by molar-refractivity contribution is 5.85. The molecule has 1 heterocycles. The van der Waals surface area contributed by atoms with E-state index in [4.69, 9.17) is 0 Å². The maximum absolute atomic E-state index is 4.65. The van der Waals surface area contributed by atoms with Gasteiger partial charge in [0, 0.05) is 6.42 Å². The number of benzene rings is 2. The van der Waals surface area contributed by atoms with Gasteiger partial charge in [-0.15, -0.1) is 12.4 Å². The Morgan fingerprint density at radius 2 is 1.68 bits per heavy atom. The zero-order chi connectivity index (χ0) is 12.5. The number of aromatic nitrogens is 2. The average molecular weight is 273 g/mol. The van der Waals surface area contributed by atoms with Crippen molar-refractivity contribution in [2.75, 3.05) is 0 Å². The first-order valence-electron chi connectivity index (χ1n) is 6.22. The van der Waals surface area contributed by atoms with Crippen LogP contribution in [0.3, 0.4) is 0 Å². The highest BCUT2D eigenvalue weighted by Gasteiger charge is 2.05. The van der Waals surface area contributed by atoms with Crippen LogP contribution in [-0.4, -0.2) is 9.97 Å². The lowest BCUT2D eigenvalue weighted by Crippen LogP contribution is -1.89. The molecule has 3 heteroatoms. The van der Waals surface area contributed by atoms with E-state index < -0.39 is 0 Å². The van der Waals surface area contributed by atoms with Gasteiger partial charge in [0.2, 0.25) is 0 Å². The van der Waals surface area contributed by atoms with E-state index in [-0.39, 0.29) is 12.4 Å². The van der Waals surface area contributed by atoms with Crippen LogP contribution in [0.1, 0.15) is 22.5 Å². The zero-order valence-electron chi connectivity index (χ0n) is 11.1. The van der Waals surface area contributed by atoms with Gasteiger partial charge < -0.3 is 4.98 Å². The van der Waals surface area contributed by atoms with E-state index in [1.54, 1.807) is 0 Å². The van der Waals surface area contributed by atoms with Gasteiger partial charge in [-0.3, -0.25) is 0 Å². The van der Waals surface area contributed by atoms with Gasteiger partial charge in [-0.05, 0) is 42.7 Å². The molecule has 0 aliphatic rings. The summed E-state index contributed by atoms with van der Waals surface area (Å²) in [6, 6.07) is 14.7. The SMILES string of the molecule is Cc1cc2nc(Cc3ccccc3)[nH]c2cc1C.Cl. The van der Waals surface area contributed by atoms with Crippen molar-refractivity contribution in [3.63, 3.8) is 0 Å². The molecule has 0 fully saturated rings. The summed E-state index contributed by atoms with van der Waals surface area (Å²) in [6.45, 7) is 4.26. The molecule has 98 valence electrons. The van der Waals surface area contributed by atoms with Crippen molar-refractivity contribution in [3.8, 4) is 0 Å². The number of aryl methyl sites for hydroxylation is 2. The molecule has 0 radical (unpaired) electrons. The molecule has 3 rings (SSSR count). The molecule has 2 aromatic carbocycles. The highest BCUT2D eigenvalue weighted by Crippen LogP contribution is 2.18. The fourth-order valence-electron chi connectivity index (χ4n) is 2.20. The normalized spacial score (nSPS) is 10.4. The van der Waals surface area contributed by atoms with E-state index in [0.29, 0.717) is 0 Å². The van der Waals surface area contributed by atoms with Crippen LogP contribution in [-0.2, 0) is 6.42 Å². The molecule has 0 atom stereocenters. The van der Waals surface area contributed by atoms with Crippen molar-refractivity contribution in [3.05, 3.63) is 65.0 Å². The first-order chi connectivity index (χ1) is 8.72. The average Bonchev–Trinajstić information content (AvgIpc) is 2.72. The largest absolute Gasteiger partial charge is 0.342 e. The summed E-state index contributed by atoms with van der Waals surface area (Å²) in [5.74, 6) is 1.03. The minimum atomic E-state index is 0. The van der Waals surface area contributed by atoms with Crippen molar-refractivity contribution in [2.24, 2.45) is 0 Å². The molecule has 0 unspecified atom stereocenters. The molecular weight excluding hydrogens is 256 g/mol. The number of imidazole rings is 1. The third-order valence-electron chi connectivity index (χ3n) is 3.36.